The fourth-order valence-corrected chi connectivity index (χ4v) is 8.59. The molecule has 8 heterocycles. The van der Waals surface area contributed by atoms with Crippen LogP contribution in [0, 0.1) is 13.8 Å². The van der Waals surface area contributed by atoms with E-state index in [1.54, 1.807) is 0 Å². The van der Waals surface area contributed by atoms with Gasteiger partial charge < -0.3 is 9.47 Å². The van der Waals surface area contributed by atoms with E-state index in [-0.39, 0.29) is 0 Å². The monoisotopic (exact) mass is 938 g/mol. The fourth-order valence-electron chi connectivity index (χ4n) is 8.59. The van der Waals surface area contributed by atoms with E-state index in [1.807, 2.05) is 136 Å². The van der Waals surface area contributed by atoms with Crippen molar-refractivity contribution in [2.75, 3.05) is 13.2 Å². The lowest BCUT2D eigenvalue weighted by Crippen LogP contribution is -2.00. The molecule has 0 saturated heterocycles. The average molecular weight is 939 g/mol. The van der Waals surface area contributed by atoms with Crippen LogP contribution in [0.5, 0.6) is 11.5 Å². The first kappa shape index (κ1) is 45.4. The number of ether oxygens (including phenoxy) is 2. The largest absolute Gasteiger partial charge is 0.494 e. The number of fused-ring (bicyclic) bond motifs is 3. The zero-order valence-electron chi connectivity index (χ0n) is 40.1. The van der Waals surface area contributed by atoms with Crippen LogP contribution in [0.3, 0.4) is 0 Å². The molecule has 11 aromatic rings. The zero-order chi connectivity index (χ0) is 48.6. The molecule has 0 radical (unpaired) electrons. The van der Waals surface area contributed by atoms with Gasteiger partial charge in [-0.05, 0) is 171 Å². The van der Waals surface area contributed by atoms with E-state index in [1.165, 1.54) is 0 Å². The molecule has 8 aromatic heterocycles. The predicted octanol–water partition coefficient (Wildman–Crippen LogP) is 13.8. The van der Waals surface area contributed by atoms with Crippen molar-refractivity contribution in [2.24, 2.45) is 0 Å². The van der Waals surface area contributed by atoms with E-state index in [2.05, 4.69) is 82.8 Å². The molecule has 0 spiro atoms. The van der Waals surface area contributed by atoms with Gasteiger partial charge in [0.15, 0.2) is 0 Å². The Morgan fingerprint density at radius 2 is 0.681 bits per heavy atom. The van der Waals surface area contributed by atoms with Gasteiger partial charge in [0.25, 0.3) is 0 Å². The van der Waals surface area contributed by atoms with Crippen LogP contribution in [0.25, 0.3) is 89.9 Å². The molecule has 0 amide bonds. The first-order chi connectivity index (χ1) is 35.4. The van der Waals surface area contributed by atoms with E-state index < -0.39 is 0 Å². The third-order valence-electron chi connectivity index (χ3n) is 12.6. The molecule has 350 valence electrons. The summed E-state index contributed by atoms with van der Waals surface area (Å²) in [5.74, 6) is 1.64. The minimum atomic E-state index is 0.594. The van der Waals surface area contributed by atoms with Gasteiger partial charge in [0.2, 0.25) is 0 Å². The molecular formula is C62H50N8O2. The molecule has 0 aliphatic rings. The SMILES string of the molecule is Cc1ccc(-c2cccc(-c3ccc(CCCOc4ccc(-c5ccc6ccc7ccc(-c8ccc(OCCCc9ccc(-c%10cccc(-c%11ccc(C)cn%11)n%10)nc9)cc8)nc7c6n5)cc4)cn3)n2)nc1. The van der Waals surface area contributed by atoms with Crippen molar-refractivity contribution in [2.45, 2.75) is 39.5 Å². The second-order valence-electron chi connectivity index (χ2n) is 17.9. The van der Waals surface area contributed by atoms with E-state index >= 15 is 0 Å². The Balaban J connectivity index is 0.670. The minimum absolute atomic E-state index is 0.594. The summed E-state index contributed by atoms with van der Waals surface area (Å²) in [6, 6.07) is 57.2. The van der Waals surface area contributed by atoms with Gasteiger partial charge >= 0.3 is 0 Å². The molecule has 0 atom stereocenters. The Labute approximate surface area is 418 Å². The molecule has 0 unspecified atom stereocenters. The van der Waals surface area contributed by atoms with Gasteiger partial charge in [0.1, 0.15) is 11.5 Å². The summed E-state index contributed by atoms with van der Waals surface area (Å²) in [5, 5.41) is 2.08. The second kappa shape index (κ2) is 20.9. The van der Waals surface area contributed by atoms with Gasteiger partial charge in [0.05, 0.1) is 81.2 Å². The number of benzene rings is 3. The third kappa shape index (κ3) is 10.6. The van der Waals surface area contributed by atoms with Gasteiger partial charge in [-0.25, -0.2) is 19.9 Å². The summed E-state index contributed by atoms with van der Waals surface area (Å²) in [5.41, 5.74) is 16.7. The lowest BCUT2D eigenvalue weighted by atomic mass is 10.1. The smallest absolute Gasteiger partial charge is 0.119 e. The summed E-state index contributed by atoms with van der Waals surface area (Å²) < 4.78 is 12.3. The summed E-state index contributed by atoms with van der Waals surface area (Å²) in [6.45, 7) is 5.24. The number of aryl methyl sites for hydroxylation is 4. The molecule has 0 aliphatic heterocycles. The number of nitrogens with zero attached hydrogens (tertiary/aromatic N) is 8. The van der Waals surface area contributed by atoms with Crippen LogP contribution >= 0.6 is 0 Å². The van der Waals surface area contributed by atoms with Crippen LogP contribution < -0.4 is 9.47 Å². The van der Waals surface area contributed by atoms with Crippen LogP contribution in [0.1, 0.15) is 35.1 Å². The Bertz CT molecular complexity index is 3380. The van der Waals surface area contributed by atoms with Crippen molar-refractivity contribution in [1.82, 2.24) is 39.9 Å². The maximum Gasteiger partial charge on any atom is 0.119 e. The van der Waals surface area contributed by atoms with Crippen molar-refractivity contribution in [3.8, 4) is 79.6 Å². The van der Waals surface area contributed by atoms with Gasteiger partial charge in [-0.15, -0.1) is 0 Å². The van der Waals surface area contributed by atoms with Crippen LogP contribution in [0.15, 0.2) is 195 Å². The highest BCUT2D eigenvalue weighted by Crippen LogP contribution is 2.31. The third-order valence-corrected chi connectivity index (χ3v) is 12.6. The normalized spacial score (nSPS) is 11.2. The molecule has 0 N–H and O–H groups in total. The van der Waals surface area contributed by atoms with Crippen LogP contribution in [-0.2, 0) is 12.8 Å². The molecular weight excluding hydrogens is 889 g/mol. The van der Waals surface area contributed by atoms with Crippen LogP contribution in [-0.4, -0.2) is 53.1 Å². The molecule has 72 heavy (non-hydrogen) atoms. The van der Waals surface area contributed by atoms with Gasteiger partial charge in [-0.1, -0.05) is 60.7 Å². The maximum absolute atomic E-state index is 6.16. The molecule has 10 nitrogen and oxygen atoms in total. The first-order valence-electron chi connectivity index (χ1n) is 24.3. The van der Waals surface area contributed by atoms with Crippen molar-refractivity contribution < 1.29 is 9.47 Å². The topological polar surface area (TPSA) is 122 Å². The summed E-state index contributed by atoms with van der Waals surface area (Å²) in [4.78, 5) is 38.4. The predicted molar refractivity (Wildman–Crippen MR) is 286 cm³/mol. The quantitative estimate of drug-likeness (QED) is 0.0683. The number of aromatic nitrogens is 8. The summed E-state index contributed by atoms with van der Waals surface area (Å²) in [6.07, 6.45) is 11.0. The Morgan fingerprint density at radius 1 is 0.319 bits per heavy atom. The van der Waals surface area contributed by atoms with E-state index in [0.717, 1.165) is 149 Å². The molecule has 0 bridgehead atoms. The van der Waals surface area contributed by atoms with Crippen molar-refractivity contribution in [3.05, 3.63) is 217 Å². The van der Waals surface area contributed by atoms with Crippen LogP contribution in [0.2, 0.25) is 0 Å². The highest BCUT2D eigenvalue weighted by Gasteiger charge is 2.12. The Kier molecular flexibility index (Phi) is 13.2. The highest BCUT2D eigenvalue weighted by molar-refractivity contribution is 6.04. The molecule has 0 aliphatic carbocycles. The fraction of sp³-hybridized carbons (Fsp3) is 0.129. The lowest BCUT2D eigenvalue weighted by molar-refractivity contribution is 0.311. The van der Waals surface area contributed by atoms with Gasteiger partial charge in [0, 0.05) is 46.7 Å². The van der Waals surface area contributed by atoms with E-state index in [0.29, 0.717) is 13.2 Å². The average Bonchev–Trinajstić information content (AvgIpc) is 3.44. The molecule has 0 saturated carbocycles. The standard InChI is InChI=1S/C62H50N8O2/c1-41-13-29-53(63-37-41)57-9-3-11-59(67-57)55-31-15-43(39-65-55)7-5-35-71-49-25-19-45(20-26-49)51-33-23-47-17-18-48-24-34-52(70-62(48)61(47)69-51)46-21-27-50(28-22-46)72-36-6-8-44-16-32-56(66-40-44)60-12-4-10-58(68-60)54-30-14-42(2)38-64-54/h3-4,9-34,37-40H,5-8,35-36H2,1-2H3. The Hall–Kier alpha value is -9.02. The van der Waals surface area contributed by atoms with E-state index in [9.17, 15) is 0 Å². The van der Waals surface area contributed by atoms with E-state index in [4.69, 9.17) is 39.4 Å². The number of rotatable bonds is 16. The number of hydrogen-bond acceptors (Lipinski definition) is 10. The first-order valence-corrected chi connectivity index (χ1v) is 24.3. The van der Waals surface area contributed by atoms with Gasteiger partial charge in [-0.3, -0.25) is 19.9 Å². The second-order valence-corrected chi connectivity index (χ2v) is 17.9. The zero-order valence-corrected chi connectivity index (χ0v) is 40.1. The summed E-state index contributed by atoms with van der Waals surface area (Å²) in [7, 11) is 0. The number of hydrogen-bond donors (Lipinski definition) is 0. The lowest BCUT2D eigenvalue weighted by Gasteiger charge is -2.10. The van der Waals surface area contributed by atoms with Crippen LogP contribution in [0.4, 0.5) is 0 Å². The highest BCUT2D eigenvalue weighted by atomic mass is 16.5. The summed E-state index contributed by atoms with van der Waals surface area (Å²) >= 11 is 0. The minimum Gasteiger partial charge on any atom is -0.494 e. The molecule has 10 heteroatoms. The molecule has 11 rings (SSSR count). The van der Waals surface area contributed by atoms with Crippen molar-refractivity contribution >= 4 is 21.8 Å². The molecule has 3 aromatic carbocycles. The van der Waals surface area contributed by atoms with Gasteiger partial charge in [-0.2, -0.15) is 0 Å². The maximum atomic E-state index is 6.16. The number of pyridine rings is 8. The Morgan fingerprint density at radius 3 is 1.04 bits per heavy atom. The van der Waals surface area contributed by atoms with Crippen molar-refractivity contribution in [1.29, 1.82) is 0 Å². The van der Waals surface area contributed by atoms with Crippen molar-refractivity contribution in [3.63, 3.8) is 0 Å². The molecule has 0 fully saturated rings.